The van der Waals surface area contributed by atoms with Crippen LogP contribution in [-0.4, -0.2) is 18.1 Å². The molecule has 0 aliphatic rings. The van der Waals surface area contributed by atoms with Crippen LogP contribution in [0.15, 0.2) is 22.7 Å². The van der Waals surface area contributed by atoms with E-state index < -0.39 is 5.97 Å². The van der Waals surface area contributed by atoms with Gasteiger partial charge in [0.1, 0.15) is 5.15 Å². The number of aromatic nitrogens is 1. The van der Waals surface area contributed by atoms with Crippen LogP contribution in [-0.2, 0) is 4.74 Å². The van der Waals surface area contributed by atoms with Gasteiger partial charge in [-0.25, -0.2) is 9.78 Å². The monoisotopic (exact) mass is 333 g/mol. The van der Waals surface area contributed by atoms with Crippen molar-refractivity contribution in [3.8, 4) is 0 Å². The van der Waals surface area contributed by atoms with Crippen molar-refractivity contribution in [1.82, 2.24) is 4.98 Å². The fourth-order valence-corrected chi connectivity index (χ4v) is 2.56. The van der Waals surface area contributed by atoms with Gasteiger partial charge in [-0.15, -0.1) is 0 Å². The summed E-state index contributed by atoms with van der Waals surface area (Å²) in [5.74, 6) is -0.548. The Balaban J connectivity index is 2.77. The van der Waals surface area contributed by atoms with Crippen molar-refractivity contribution in [2.45, 2.75) is 0 Å². The Labute approximate surface area is 116 Å². The molecule has 0 bridgehead atoms. The third-order valence-corrected chi connectivity index (χ3v) is 3.27. The molecule has 1 heterocycles. The molecule has 0 radical (unpaired) electrons. The van der Waals surface area contributed by atoms with Crippen LogP contribution in [0.25, 0.3) is 10.8 Å². The van der Waals surface area contributed by atoms with E-state index in [1.165, 1.54) is 7.11 Å². The van der Waals surface area contributed by atoms with E-state index in [1.807, 2.05) is 0 Å². The maximum Gasteiger partial charge on any atom is 0.356 e. The maximum atomic E-state index is 11.4. The lowest BCUT2D eigenvalue weighted by atomic mass is 10.1. The van der Waals surface area contributed by atoms with Gasteiger partial charge in [0, 0.05) is 20.3 Å². The highest BCUT2D eigenvalue weighted by Crippen LogP contribution is 2.32. The zero-order chi connectivity index (χ0) is 12.6. The largest absolute Gasteiger partial charge is 0.464 e. The minimum absolute atomic E-state index is 0.134. The van der Waals surface area contributed by atoms with Gasteiger partial charge >= 0.3 is 5.97 Å². The molecule has 0 amide bonds. The summed E-state index contributed by atoms with van der Waals surface area (Å²) >= 11 is 15.4. The first-order valence-electron chi connectivity index (χ1n) is 4.56. The van der Waals surface area contributed by atoms with E-state index >= 15 is 0 Å². The predicted molar refractivity (Wildman–Crippen MR) is 70.8 cm³/mol. The van der Waals surface area contributed by atoms with Gasteiger partial charge in [0.25, 0.3) is 0 Å². The minimum atomic E-state index is -0.548. The molecule has 2 rings (SSSR count). The Kier molecular flexibility index (Phi) is 3.56. The molecule has 0 aliphatic heterocycles. The molecular weight excluding hydrogens is 329 g/mol. The van der Waals surface area contributed by atoms with Crippen molar-refractivity contribution in [2.24, 2.45) is 0 Å². The van der Waals surface area contributed by atoms with Gasteiger partial charge in [-0.05, 0) is 18.2 Å². The molecule has 1 aromatic carbocycles. The second kappa shape index (κ2) is 4.80. The van der Waals surface area contributed by atoms with Gasteiger partial charge in [0.2, 0.25) is 0 Å². The molecule has 1 aromatic heterocycles. The van der Waals surface area contributed by atoms with Crippen LogP contribution in [0.1, 0.15) is 10.5 Å². The molecule has 0 saturated heterocycles. The summed E-state index contributed by atoms with van der Waals surface area (Å²) in [6, 6.07) is 5.07. The highest BCUT2D eigenvalue weighted by Gasteiger charge is 2.13. The molecule has 0 aliphatic carbocycles. The highest BCUT2D eigenvalue weighted by atomic mass is 79.9. The number of halogens is 3. The smallest absolute Gasteiger partial charge is 0.356 e. The van der Waals surface area contributed by atoms with Crippen LogP contribution < -0.4 is 0 Å². The van der Waals surface area contributed by atoms with Gasteiger partial charge in [0.15, 0.2) is 5.69 Å². The van der Waals surface area contributed by atoms with Crippen molar-refractivity contribution >= 4 is 55.9 Å². The SMILES string of the molecule is COC(=O)c1cc2c(Cl)cc(Br)cc2c(Cl)n1. The van der Waals surface area contributed by atoms with Crippen LogP contribution in [0.4, 0.5) is 0 Å². The summed E-state index contributed by atoms with van der Waals surface area (Å²) in [6.07, 6.45) is 0. The van der Waals surface area contributed by atoms with E-state index in [9.17, 15) is 4.79 Å². The minimum Gasteiger partial charge on any atom is -0.464 e. The normalized spacial score (nSPS) is 10.6. The van der Waals surface area contributed by atoms with E-state index in [0.29, 0.717) is 15.8 Å². The zero-order valence-electron chi connectivity index (χ0n) is 8.63. The summed E-state index contributed by atoms with van der Waals surface area (Å²) in [5, 5.41) is 2.05. The molecule has 6 heteroatoms. The number of ether oxygens (including phenoxy) is 1. The number of hydrogen-bond donors (Lipinski definition) is 0. The van der Waals surface area contributed by atoms with Gasteiger partial charge in [-0.3, -0.25) is 0 Å². The van der Waals surface area contributed by atoms with Crippen LogP contribution in [0.2, 0.25) is 10.2 Å². The summed E-state index contributed by atoms with van der Waals surface area (Å²) in [4.78, 5) is 15.4. The van der Waals surface area contributed by atoms with E-state index in [0.717, 1.165) is 4.47 Å². The third kappa shape index (κ3) is 2.39. The first-order valence-corrected chi connectivity index (χ1v) is 6.11. The number of pyridine rings is 1. The van der Waals surface area contributed by atoms with Crippen LogP contribution >= 0.6 is 39.1 Å². The van der Waals surface area contributed by atoms with Crippen molar-refractivity contribution < 1.29 is 9.53 Å². The lowest BCUT2D eigenvalue weighted by Gasteiger charge is -2.06. The van der Waals surface area contributed by atoms with Gasteiger partial charge in [-0.2, -0.15) is 0 Å². The Morgan fingerprint density at radius 2 is 2.00 bits per heavy atom. The first kappa shape index (κ1) is 12.6. The average molecular weight is 335 g/mol. The second-order valence-corrected chi connectivity index (χ2v) is 4.95. The number of carbonyl (C=O) groups is 1. The number of esters is 1. The van der Waals surface area contributed by atoms with Gasteiger partial charge in [0.05, 0.1) is 7.11 Å². The van der Waals surface area contributed by atoms with Crippen LogP contribution in [0, 0.1) is 0 Å². The standard InChI is InChI=1S/C11H6BrCl2NO2/c1-17-11(16)9-4-6-7(10(14)15-9)2-5(12)3-8(6)13/h2-4H,1H3. The van der Waals surface area contributed by atoms with Gasteiger partial charge in [-0.1, -0.05) is 39.1 Å². The molecule has 0 spiro atoms. The number of methoxy groups -OCH3 is 1. The van der Waals surface area contributed by atoms with E-state index in [1.54, 1.807) is 18.2 Å². The zero-order valence-corrected chi connectivity index (χ0v) is 11.7. The summed E-state index contributed by atoms with van der Waals surface area (Å²) < 4.78 is 5.39. The van der Waals surface area contributed by atoms with Gasteiger partial charge < -0.3 is 4.74 Å². The van der Waals surface area contributed by atoms with Crippen molar-refractivity contribution in [2.75, 3.05) is 7.11 Å². The highest BCUT2D eigenvalue weighted by molar-refractivity contribution is 9.10. The molecule has 0 saturated carbocycles. The number of rotatable bonds is 1. The Bertz CT molecular complexity index is 616. The number of carbonyl (C=O) groups excluding carboxylic acids is 1. The number of hydrogen-bond acceptors (Lipinski definition) is 3. The molecule has 0 N–H and O–H groups in total. The Morgan fingerprint density at radius 1 is 1.29 bits per heavy atom. The van der Waals surface area contributed by atoms with E-state index in [-0.39, 0.29) is 10.8 Å². The Hall–Kier alpha value is -0.840. The van der Waals surface area contributed by atoms with Crippen LogP contribution in [0.3, 0.4) is 0 Å². The summed E-state index contributed by atoms with van der Waals surface area (Å²) in [5.41, 5.74) is 0.134. The topological polar surface area (TPSA) is 39.2 Å². The number of benzene rings is 1. The quantitative estimate of drug-likeness (QED) is 0.582. The number of nitrogens with zero attached hydrogens (tertiary/aromatic N) is 1. The van der Waals surface area contributed by atoms with E-state index in [2.05, 4.69) is 25.7 Å². The van der Waals surface area contributed by atoms with Crippen molar-refractivity contribution in [3.63, 3.8) is 0 Å². The average Bonchev–Trinajstić information content (AvgIpc) is 2.29. The molecule has 88 valence electrons. The van der Waals surface area contributed by atoms with Crippen molar-refractivity contribution in [3.05, 3.63) is 38.5 Å². The Morgan fingerprint density at radius 3 is 2.65 bits per heavy atom. The molecule has 0 fully saturated rings. The molecule has 0 atom stereocenters. The lowest BCUT2D eigenvalue weighted by Crippen LogP contribution is -2.04. The van der Waals surface area contributed by atoms with E-state index in [4.69, 9.17) is 23.2 Å². The molecular formula is C11H6BrCl2NO2. The molecule has 17 heavy (non-hydrogen) atoms. The predicted octanol–water partition coefficient (Wildman–Crippen LogP) is 4.09. The van der Waals surface area contributed by atoms with Crippen LogP contribution in [0.5, 0.6) is 0 Å². The first-order chi connectivity index (χ1) is 8.02. The molecule has 3 nitrogen and oxygen atoms in total. The third-order valence-electron chi connectivity index (χ3n) is 2.21. The summed E-state index contributed by atoms with van der Waals surface area (Å²) in [6.45, 7) is 0. The maximum absolute atomic E-state index is 11.4. The molecule has 0 unspecified atom stereocenters. The summed E-state index contributed by atoms with van der Waals surface area (Å²) in [7, 11) is 1.28. The lowest BCUT2D eigenvalue weighted by molar-refractivity contribution is 0.0594. The van der Waals surface area contributed by atoms with Crippen molar-refractivity contribution in [1.29, 1.82) is 0 Å². The fraction of sp³-hybridized carbons (Fsp3) is 0.0909. The second-order valence-electron chi connectivity index (χ2n) is 3.27. The fourth-order valence-electron chi connectivity index (χ4n) is 1.45. The number of fused-ring (bicyclic) bond motifs is 1. The molecule has 2 aromatic rings.